The minimum atomic E-state index is -4.48. The third kappa shape index (κ3) is 3.16. The molecule has 1 aromatic carbocycles. The number of nitrogens with zero attached hydrogens (tertiary/aromatic N) is 1. The summed E-state index contributed by atoms with van der Waals surface area (Å²) >= 11 is 3.83. The highest BCUT2D eigenvalue weighted by Gasteiger charge is 2.34. The van der Waals surface area contributed by atoms with E-state index in [1.165, 1.54) is 6.07 Å². The van der Waals surface area contributed by atoms with E-state index in [1.807, 2.05) is 0 Å². The van der Waals surface area contributed by atoms with E-state index < -0.39 is 17.8 Å². The average molecular weight is 355 g/mol. The van der Waals surface area contributed by atoms with E-state index in [1.54, 1.807) is 0 Å². The molecule has 0 fully saturated rings. The number of hydrogen-bond donors (Lipinski definition) is 2. The van der Waals surface area contributed by atoms with Crippen LogP contribution < -0.4 is 5.32 Å². The standard InChI is InChI=1S/C10H6BrF3N2O2S/c11-4-1-5(10(12,13)14)8-6(2-4)16-7(19-8)3-15-9(17)18/h1-2,15H,3H2,(H,17,18). The van der Waals surface area contributed by atoms with Gasteiger partial charge in [-0.25, -0.2) is 9.78 Å². The number of fused-ring (bicyclic) bond motifs is 1. The number of amides is 1. The quantitative estimate of drug-likeness (QED) is 0.860. The summed E-state index contributed by atoms with van der Waals surface area (Å²) < 4.78 is 38.9. The lowest BCUT2D eigenvalue weighted by molar-refractivity contribution is -0.136. The maximum atomic E-state index is 12.9. The molecule has 9 heteroatoms. The van der Waals surface area contributed by atoms with E-state index >= 15 is 0 Å². The normalized spacial score (nSPS) is 11.8. The maximum Gasteiger partial charge on any atom is 0.417 e. The number of alkyl halides is 3. The van der Waals surface area contributed by atoms with Crippen molar-refractivity contribution in [2.75, 3.05) is 0 Å². The third-order valence-electron chi connectivity index (χ3n) is 2.20. The first-order chi connectivity index (χ1) is 8.77. The first kappa shape index (κ1) is 14.1. The molecule has 1 heterocycles. The molecule has 102 valence electrons. The second kappa shape index (κ2) is 4.97. The Bertz CT molecular complexity index is 641. The van der Waals surface area contributed by atoms with Crippen LogP contribution in [0.5, 0.6) is 0 Å². The average Bonchev–Trinajstić information content (AvgIpc) is 2.66. The van der Waals surface area contributed by atoms with Crippen molar-refractivity contribution < 1.29 is 23.1 Å². The van der Waals surface area contributed by atoms with Crippen LogP contribution in [0.3, 0.4) is 0 Å². The van der Waals surface area contributed by atoms with Crippen LogP contribution in [-0.2, 0) is 12.7 Å². The molecule has 0 saturated heterocycles. The number of aromatic nitrogens is 1. The van der Waals surface area contributed by atoms with Gasteiger partial charge in [-0.3, -0.25) is 0 Å². The fourth-order valence-corrected chi connectivity index (χ4v) is 2.95. The van der Waals surface area contributed by atoms with E-state index in [0.717, 1.165) is 17.4 Å². The van der Waals surface area contributed by atoms with Gasteiger partial charge in [0, 0.05) is 4.47 Å². The lowest BCUT2D eigenvalue weighted by Crippen LogP contribution is -2.19. The summed E-state index contributed by atoms with van der Waals surface area (Å²) in [5, 5.41) is 10.8. The number of rotatable bonds is 2. The summed E-state index contributed by atoms with van der Waals surface area (Å²) in [6.45, 7) is -0.121. The van der Waals surface area contributed by atoms with E-state index in [2.05, 4.69) is 26.2 Å². The molecule has 1 aromatic heterocycles. The Morgan fingerprint density at radius 2 is 2.16 bits per heavy atom. The van der Waals surface area contributed by atoms with Crippen molar-refractivity contribution in [2.24, 2.45) is 0 Å². The van der Waals surface area contributed by atoms with Crippen LogP contribution >= 0.6 is 27.3 Å². The number of nitrogens with one attached hydrogen (secondary N) is 1. The van der Waals surface area contributed by atoms with Gasteiger partial charge < -0.3 is 10.4 Å². The van der Waals surface area contributed by atoms with E-state index in [-0.39, 0.29) is 26.2 Å². The van der Waals surface area contributed by atoms with Crippen LogP contribution in [0.15, 0.2) is 16.6 Å². The Morgan fingerprint density at radius 1 is 1.47 bits per heavy atom. The fraction of sp³-hybridized carbons (Fsp3) is 0.200. The predicted octanol–water partition coefficient (Wildman–Crippen LogP) is 3.85. The molecule has 0 atom stereocenters. The van der Waals surface area contributed by atoms with Gasteiger partial charge in [-0.2, -0.15) is 13.2 Å². The molecular formula is C10H6BrF3N2O2S. The molecule has 2 N–H and O–H groups in total. The largest absolute Gasteiger partial charge is 0.465 e. The van der Waals surface area contributed by atoms with Crippen LogP contribution in [-0.4, -0.2) is 16.2 Å². The van der Waals surface area contributed by atoms with Gasteiger partial charge in [0.15, 0.2) is 0 Å². The van der Waals surface area contributed by atoms with E-state index in [0.29, 0.717) is 0 Å². The van der Waals surface area contributed by atoms with Crippen molar-refractivity contribution in [3.05, 3.63) is 27.2 Å². The zero-order chi connectivity index (χ0) is 14.2. The molecule has 0 aliphatic carbocycles. The van der Waals surface area contributed by atoms with E-state index in [4.69, 9.17) is 5.11 Å². The van der Waals surface area contributed by atoms with Gasteiger partial charge in [-0.05, 0) is 12.1 Å². The third-order valence-corrected chi connectivity index (χ3v) is 3.76. The molecule has 0 radical (unpaired) electrons. The molecule has 0 aliphatic heterocycles. The summed E-state index contributed by atoms with van der Waals surface area (Å²) in [6, 6.07) is 2.44. The van der Waals surface area contributed by atoms with Crippen LogP contribution in [0, 0.1) is 0 Å². The lowest BCUT2D eigenvalue weighted by Gasteiger charge is -2.07. The Kier molecular flexibility index (Phi) is 3.68. The number of benzene rings is 1. The second-order valence-electron chi connectivity index (χ2n) is 3.57. The smallest absolute Gasteiger partial charge is 0.417 e. The molecular weight excluding hydrogens is 349 g/mol. The highest BCUT2D eigenvalue weighted by molar-refractivity contribution is 9.10. The molecule has 0 aliphatic rings. The monoisotopic (exact) mass is 354 g/mol. The van der Waals surface area contributed by atoms with Gasteiger partial charge >= 0.3 is 12.3 Å². The van der Waals surface area contributed by atoms with Gasteiger partial charge in [0.05, 0.1) is 22.3 Å². The molecule has 1 amide bonds. The first-order valence-corrected chi connectivity index (χ1v) is 6.51. The minimum Gasteiger partial charge on any atom is -0.465 e. The molecule has 4 nitrogen and oxygen atoms in total. The molecule has 2 aromatic rings. The van der Waals surface area contributed by atoms with Crippen molar-refractivity contribution in [1.29, 1.82) is 0 Å². The summed E-state index contributed by atoms with van der Waals surface area (Å²) in [4.78, 5) is 14.3. The highest BCUT2D eigenvalue weighted by Crippen LogP contribution is 2.39. The summed E-state index contributed by atoms with van der Waals surface area (Å²) in [7, 11) is 0. The summed E-state index contributed by atoms with van der Waals surface area (Å²) in [5.41, 5.74) is -0.593. The minimum absolute atomic E-state index is 0.00195. The lowest BCUT2D eigenvalue weighted by atomic mass is 10.2. The predicted molar refractivity (Wildman–Crippen MR) is 67.2 cm³/mol. The van der Waals surface area contributed by atoms with Crippen molar-refractivity contribution in [1.82, 2.24) is 10.3 Å². The molecule has 0 bridgehead atoms. The van der Waals surface area contributed by atoms with Gasteiger partial charge in [-0.15, -0.1) is 11.3 Å². The fourth-order valence-electron chi connectivity index (χ4n) is 1.48. The van der Waals surface area contributed by atoms with Crippen molar-refractivity contribution >= 4 is 43.6 Å². The van der Waals surface area contributed by atoms with Crippen LogP contribution in [0.2, 0.25) is 0 Å². The molecule has 0 saturated carbocycles. The van der Waals surface area contributed by atoms with Gasteiger partial charge in [-0.1, -0.05) is 15.9 Å². The zero-order valence-electron chi connectivity index (χ0n) is 9.08. The topological polar surface area (TPSA) is 62.2 Å². The number of carboxylic acid groups (broad SMARTS) is 1. The van der Waals surface area contributed by atoms with Crippen LogP contribution in [0.4, 0.5) is 18.0 Å². The number of hydrogen-bond acceptors (Lipinski definition) is 3. The van der Waals surface area contributed by atoms with Gasteiger partial charge in [0.2, 0.25) is 0 Å². The Morgan fingerprint density at radius 3 is 2.74 bits per heavy atom. The van der Waals surface area contributed by atoms with Crippen LogP contribution in [0.25, 0.3) is 10.2 Å². The van der Waals surface area contributed by atoms with Crippen molar-refractivity contribution in [2.45, 2.75) is 12.7 Å². The summed E-state index contributed by atoms with van der Waals surface area (Å²) in [5.74, 6) is 0. The maximum absolute atomic E-state index is 12.9. The van der Waals surface area contributed by atoms with Gasteiger partial charge in [0.25, 0.3) is 0 Å². The number of halogens is 4. The number of carbonyl (C=O) groups is 1. The molecule has 0 unspecified atom stereocenters. The molecule has 0 spiro atoms. The highest BCUT2D eigenvalue weighted by atomic mass is 79.9. The Hall–Kier alpha value is -1.35. The van der Waals surface area contributed by atoms with Gasteiger partial charge in [0.1, 0.15) is 5.01 Å². The second-order valence-corrected chi connectivity index (χ2v) is 5.56. The van der Waals surface area contributed by atoms with Crippen LogP contribution in [0.1, 0.15) is 10.6 Å². The van der Waals surface area contributed by atoms with Crippen molar-refractivity contribution in [3.8, 4) is 0 Å². The zero-order valence-corrected chi connectivity index (χ0v) is 11.5. The first-order valence-electron chi connectivity index (χ1n) is 4.90. The Balaban J connectivity index is 2.49. The SMILES string of the molecule is O=C(O)NCc1nc2cc(Br)cc(C(F)(F)F)c2s1. The van der Waals surface area contributed by atoms with E-state index in [9.17, 15) is 18.0 Å². The molecule has 19 heavy (non-hydrogen) atoms. The van der Waals surface area contributed by atoms with Crippen molar-refractivity contribution in [3.63, 3.8) is 0 Å². The molecule has 2 rings (SSSR count). The summed E-state index contributed by atoms with van der Waals surface area (Å²) in [6.07, 6.45) is -5.73. The Labute approximate surface area is 117 Å². The number of thiazole rings is 1.